The summed E-state index contributed by atoms with van der Waals surface area (Å²) in [5.74, 6) is 0.864. The van der Waals surface area contributed by atoms with Gasteiger partial charge in [0.2, 0.25) is 0 Å². The summed E-state index contributed by atoms with van der Waals surface area (Å²) in [5.41, 5.74) is 2.69. The van der Waals surface area contributed by atoms with E-state index in [9.17, 15) is 0 Å². The van der Waals surface area contributed by atoms with Gasteiger partial charge in [0.15, 0.2) is 5.96 Å². The van der Waals surface area contributed by atoms with Gasteiger partial charge in [-0.15, -0.1) is 11.3 Å². The summed E-state index contributed by atoms with van der Waals surface area (Å²) in [4.78, 5) is 12.8. The third-order valence-electron chi connectivity index (χ3n) is 5.31. The van der Waals surface area contributed by atoms with Crippen LogP contribution in [-0.4, -0.2) is 49.1 Å². The number of rotatable bonds is 8. The normalized spacial score (nSPS) is 16.3. The van der Waals surface area contributed by atoms with Crippen molar-refractivity contribution in [2.45, 2.75) is 45.6 Å². The summed E-state index contributed by atoms with van der Waals surface area (Å²) in [6.45, 7) is 8.37. The van der Waals surface area contributed by atoms with Gasteiger partial charge in [-0.3, -0.25) is 9.89 Å². The van der Waals surface area contributed by atoms with Crippen molar-refractivity contribution in [3.8, 4) is 0 Å². The molecule has 1 atom stereocenters. The summed E-state index contributed by atoms with van der Waals surface area (Å²) in [6.07, 6.45) is 6.57. The number of hydrogen-bond acceptors (Lipinski definition) is 4. The predicted molar refractivity (Wildman–Crippen MR) is 119 cm³/mol. The number of nitrogens with one attached hydrogen (secondary N) is 2. The van der Waals surface area contributed by atoms with Crippen molar-refractivity contribution >= 4 is 17.3 Å². The third kappa shape index (κ3) is 5.79. The van der Waals surface area contributed by atoms with Gasteiger partial charge in [-0.2, -0.15) is 0 Å². The van der Waals surface area contributed by atoms with Gasteiger partial charge >= 0.3 is 0 Å². The number of hydrogen-bond donors (Lipinski definition) is 2. The van der Waals surface area contributed by atoms with E-state index in [0.717, 1.165) is 31.9 Å². The number of aliphatic imine (C=N–C) groups is 1. The Hall–Kier alpha value is -1.92. The van der Waals surface area contributed by atoms with Crippen LogP contribution in [0.2, 0.25) is 0 Å². The lowest BCUT2D eigenvalue weighted by atomic mass is 10.0. The third-order valence-corrected chi connectivity index (χ3v) is 6.51. The zero-order valence-electron chi connectivity index (χ0n) is 17.4. The van der Waals surface area contributed by atoms with E-state index < -0.39 is 0 Å². The van der Waals surface area contributed by atoms with Gasteiger partial charge in [0.25, 0.3) is 0 Å². The molecule has 2 aromatic rings. The molecule has 3 rings (SSSR count). The van der Waals surface area contributed by atoms with Crippen LogP contribution < -0.4 is 10.6 Å². The van der Waals surface area contributed by atoms with Crippen LogP contribution in [0.25, 0.3) is 0 Å². The van der Waals surface area contributed by atoms with Gasteiger partial charge in [-0.25, -0.2) is 4.98 Å². The second kappa shape index (κ2) is 10.6. The van der Waals surface area contributed by atoms with Gasteiger partial charge in [-0.1, -0.05) is 36.8 Å². The van der Waals surface area contributed by atoms with Gasteiger partial charge in [-0.05, 0) is 44.8 Å². The van der Waals surface area contributed by atoms with Crippen molar-refractivity contribution < 1.29 is 0 Å². The second-order valence-corrected chi connectivity index (χ2v) is 8.57. The Morgan fingerprint density at radius 3 is 2.61 bits per heavy atom. The van der Waals surface area contributed by atoms with E-state index in [1.807, 2.05) is 24.6 Å². The molecule has 0 amide bonds. The number of likely N-dealkylation sites (tertiary alicyclic amines) is 1. The summed E-state index contributed by atoms with van der Waals surface area (Å²) in [7, 11) is 1.84. The molecule has 1 aromatic heterocycles. The maximum atomic E-state index is 4.49. The van der Waals surface area contributed by atoms with Crippen LogP contribution in [0.1, 0.15) is 46.8 Å². The summed E-state index contributed by atoms with van der Waals surface area (Å²) in [5, 5.41) is 8.17. The smallest absolute Gasteiger partial charge is 0.191 e. The number of benzene rings is 1. The molecule has 0 aliphatic carbocycles. The molecule has 1 fully saturated rings. The minimum atomic E-state index is 0.382. The molecule has 152 valence electrons. The lowest BCUT2D eigenvalue weighted by Gasteiger charge is -2.29. The molecule has 6 heteroatoms. The van der Waals surface area contributed by atoms with Crippen LogP contribution in [0.5, 0.6) is 0 Å². The van der Waals surface area contributed by atoms with Crippen molar-refractivity contribution in [1.82, 2.24) is 20.5 Å². The van der Waals surface area contributed by atoms with E-state index in [1.165, 1.54) is 46.9 Å². The van der Waals surface area contributed by atoms with Crippen molar-refractivity contribution in [3.63, 3.8) is 0 Å². The largest absolute Gasteiger partial charge is 0.356 e. The van der Waals surface area contributed by atoms with Gasteiger partial charge < -0.3 is 10.6 Å². The van der Waals surface area contributed by atoms with Crippen LogP contribution in [0.3, 0.4) is 0 Å². The maximum Gasteiger partial charge on any atom is 0.191 e. The van der Waals surface area contributed by atoms with Gasteiger partial charge in [0.1, 0.15) is 0 Å². The van der Waals surface area contributed by atoms with Crippen molar-refractivity contribution in [2.24, 2.45) is 4.99 Å². The van der Waals surface area contributed by atoms with Crippen LogP contribution in [0.15, 0.2) is 35.5 Å². The number of aryl methyl sites for hydroxylation is 2. The van der Waals surface area contributed by atoms with Crippen LogP contribution >= 0.6 is 11.3 Å². The highest BCUT2D eigenvalue weighted by molar-refractivity contribution is 7.11. The number of guanidine groups is 1. The Morgan fingerprint density at radius 1 is 1.21 bits per heavy atom. The molecular weight excluding hydrogens is 366 g/mol. The first-order valence-electron chi connectivity index (χ1n) is 10.4. The van der Waals surface area contributed by atoms with Crippen LogP contribution in [0, 0.1) is 6.92 Å². The quantitative estimate of drug-likeness (QED) is 0.526. The first-order valence-corrected chi connectivity index (χ1v) is 11.2. The van der Waals surface area contributed by atoms with E-state index in [4.69, 9.17) is 0 Å². The van der Waals surface area contributed by atoms with Gasteiger partial charge in [0.05, 0.1) is 11.0 Å². The molecule has 1 aromatic carbocycles. The lowest BCUT2D eigenvalue weighted by Crippen LogP contribution is -2.43. The van der Waals surface area contributed by atoms with E-state index >= 15 is 0 Å². The number of thiazole rings is 1. The fourth-order valence-corrected chi connectivity index (χ4v) is 4.49. The SMILES string of the molecule is CCc1cnc(CCNC(=NC)NCC(c2ccc(C)cc2)N2CCCC2)s1. The molecule has 0 radical (unpaired) electrons. The molecular formula is C22H33N5S. The number of aromatic nitrogens is 1. The average Bonchev–Trinajstić information content (AvgIpc) is 3.40. The predicted octanol–water partition coefficient (Wildman–Crippen LogP) is 3.56. The Balaban J connectivity index is 1.53. The molecule has 0 spiro atoms. The summed E-state index contributed by atoms with van der Waals surface area (Å²) >= 11 is 1.81. The Kier molecular flexibility index (Phi) is 7.86. The Labute approximate surface area is 173 Å². The summed E-state index contributed by atoms with van der Waals surface area (Å²) in [6, 6.07) is 9.34. The van der Waals surface area contributed by atoms with Crippen LogP contribution in [0.4, 0.5) is 0 Å². The van der Waals surface area contributed by atoms with E-state index in [2.05, 4.69) is 63.6 Å². The molecule has 2 heterocycles. The lowest BCUT2D eigenvalue weighted by molar-refractivity contribution is 0.245. The summed E-state index contributed by atoms with van der Waals surface area (Å²) < 4.78 is 0. The Bertz CT molecular complexity index is 747. The van der Waals surface area contributed by atoms with E-state index in [1.54, 1.807) is 0 Å². The highest BCUT2D eigenvalue weighted by Crippen LogP contribution is 2.24. The van der Waals surface area contributed by atoms with Crippen LogP contribution in [-0.2, 0) is 12.8 Å². The average molecular weight is 400 g/mol. The Morgan fingerprint density at radius 2 is 1.96 bits per heavy atom. The monoisotopic (exact) mass is 399 g/mol. The fourth-order valence-electron chi connectivity index (χ4n) is 3.63. The maximum absolute atomic E-state index is 4.49. The molecule has 5 nitrogen and oxygen atoms in total. The van der Waals surface area contributed by atoms with Crippen molar-refractivity contribution in [3.05, 3.63) is 51.5 Å². The minimum Gasteiger partial charge on any atom is -0.356 e. The zero-order valence-corrected chi connectivity index (χ0v) is 18.2. The highest BCUT2D eigenvalue weighted by atomic mass is 32.1. The fraction of sp³-hybridized carbons (Fsp3) is 0.545. The molecule has 1 aliphatic heterocycles. The minimum absolute atomic E-state index is 0.382. The molecule has 28 heavy (non-hydrogen) atoms. The highest BCUT2D eigenvalue weighted by Gasteiger charge is 2.23. The molecule has 1 saturated heterocycles. The zero-order chi connectivity index (χ0) is 19.8. The van der Waals surface area contributed by atoms with Crippen molar-refractivity contribution in [2.75, 3.05) is 33.2 Å². The first-order chi connectivity index (χ1) is 13.7. The van der Waals surface area contributed by atoms with E-state index in [-0.39, 0.29) is 0 Å². The standard InChI is InChI=1S/C22H33N5S/c1-4-19-15-25-21(28-19)11-12-24-22(23-3)26-16-20(27-13-5-6-14-27)18-9-7-17(2)8-10-18/h7-10,15,20H,4-6,11-14,16H2,1-3H3,(H2,23,24,26). The van der Waals surface area contributed by atoms with E-state index in [0.29, 0.717) is 6.04 Å². The molecule has 0 saturated carbocycles. The second-order valence-electron chi connectivity index (χ2n) is 7.37. The molecule has 0 bridgehead atoms. The first kappa shape index (κ1) is 20.8. The van der Waals surface area contributed by atoms with Crippen molar-refractivity contribution in [1.29, 1.82) is 0 Å². The molecule has 2 N–H and O–H groups in total. The molecule has 1 unspecified atom stereocenters. The topological polar surface area (TPSA) is 52.6 Å². The van der Waals surface area contributed by atoms with Gasteiger partial charge in [0, 0.05) is 37.6 Å². The molecule has 1 aliphatic rings. The number of nitrogens with zero attached hydrogens (tertiary/aromatic N) is 3.